The average molecular weight is 373 g/mol. The van der Waals surface area contributed by atoms with Crippen LogP contribution in [0.4, 0.5) is 0 Å². The molecule has 0 bridgehead atoms. The second kappa shape index (κ2) is 36.8. The molecule has 0 unspecified atom stereocenters. The summed E-state index contributed by atoms with van der Waals surface area (Å²) in [5.74, 6) is 0. The molecule has 0 aliphatic heterocycles. The van der Waals surface area contributed by atoms with Gasteiger partial charge in [-0.1, -0.05) is 20.8 Å². The summed E-state index contributed by atoms with van der Waals surface area (Å²) < 4.78 is 0. The molecule has 15 heavy (non-hydrogen) atoms. The van der Waals surface area contributed by atoms with E-state index < -0.39 is 0 Å². The second-order valence-corrected chi connectivity index (χ2v) is 2.46. The molecular weight excluding hydrogens is 347 g/mol. The number of rotatable bonds is 0. The van der Waals surface area contributed by atoms with E-state index in [1.807, 2.05) is 51.1 Å². The van der Waals surface area contributed by atoms with Crippen LogP contribution < -0.4 is 0 Å². The standard InChI is InChI=1S/C5H5.3C3H7.Hf/c1-2-4-5-3-1;3*1-3-2;/h1-5H;3*1,3H2,2H3;/q4*-1;+4. The Bertz CT molecular complexity index is 88.9. The van der Waals surface area contributed by atoms with E-state index in [9.17, 15) is 0 Å². The van der Waals surface area contributed by atoms with E-state index in [0.717, 1.165) is 19.3 Å². The maximum atomic E-state index is 3.49. The predicted octanol–water partition coefficient (Wildman–Crippen LogP) is 5.09. The van der Waals surface area contributed by atoms with Crippen molar-refractivity contribution >= 4 is 0 Å². The van der Waals surface area contributed by atoms with Crippen molar-refractivity contribution in [2.45, 2.75) is 40.0 Å². The van der Waals surface area contributed by atoms with E-state index in [1.54, 1.807) is 0 Å². The third-order valence-electron chi connectivity index (χ3n) is 0.556. The molecule has 1 heteroatoms. The molecule has 86 valence electrons. The molecule has 0 aromatic heterocycles. The van der Waals surface area contributed by atoms with Crippen LogP contribution in [0.25, 0.3) is 0 Å². The van der Waals surface area contributed by atoms with Crippen LogP contribution in [0.15, 0.2) is 30.3 Å². The van der Waals surface area contributed by atoms with Crippen LogP contribution in [0.3, 0.4) is 0 Å². The molecule has 1 aromatic rings. The van der Waals surface area contributed by atoms with Gasteiger partial charge in [0, 0.05) is 0 Å². The van der Waals surface area contributed by atoms with Crippen molar-refractivity contribution in [1.29, 1.82) is 0 Å². The van der Waals surface area contributed by atoms with Crippen LogP contribution >= 0.6 is 0 Å². The third-order valence-corrected chi connectivity index (χ3v) is 0.556. The van der Waals surface area contributed by atoms with Crippen LogP contribution in [0.5, 0.6) is 0 Å². The molecule has 0 fully saturated rings. The Morgan fingerprint density at radius 3 is 1.07 bits per heavy atom. The summed E-state index contributed by atoms with van der Waals surface area (Å²) in [5.41, 5.74) is 0. The van der Waals surface area contributed by atoms with Crippen molar-refractivity contribution in [2.75, 3.05) is 0 Å². The zero-order valence-electron chi connectivity index (χ0n) is 10.6. The zero-order valence-corrected chi connectivity index (χ0v) is 14.2. The van der Waals surface area contributed by atoms with Crippen molar-refractivity contribution < 1.29 is 25.8 Å². The molecule has 0 aliphatic carbocycles. The Labute approximate surface area is 117 Å². The first-order valence-electron chi connectivity index (χ1n) is 5.29. The van der Waals surface area contributed by atoms with Gasteiger partial charge in [0.2, 0.25) is 0 Å². The van der Waals surface area contributed by atoms with Gasteiger partial charge in [-0.3, -0.25) is 0 Å². The van der Waals surface area contributed by atoms with Gasteiger partial charge in [0.15, 0.2) is 0 Å². The van der Waals surface area contributed by atoms with Gasteiger partial charge in [-0.05, 0) is 0 Å². The van der Waals surface area contributed by atoms with Crippen LogP contribution in [-0.4, -0.2) is 0 Å². The third kappa shape index (κ3) is 77.9. The van der Waals surface area contributed by atoms with Crippen molar-refractivity contribution in [1.82, 2.24) is 0 Å². The maximum Gasteiger partial charge on any atom is 4.00 e. The van der Waals surface area contributed by atoms with E-state index >= 15 is 0 Å². The second-order valence-electron chi connectivity index (χ2n) is 2.46. The average Bonchev–Trinajstić information content (AvgIpc) is 2.63. The van der Waals surface area contributed by atoms with Gasteiger partial charge in [-0.2, -0.15) is 37.5 Å². The van der Waals surface area contributed by atoms with Crippen molar-refractivity contribution in [3.63, 3.8) is 0 Å². The largest absolute Gasteiger partial charge is 4.00 e. The Hall–Kier alpha value is 0.220. The molecule has 0 amide bonds. The van der Waals surface area contributed by atoms with Crippen molar-refractivity contribution in [3.05, 3.63) is 51.1 Å². The van der Waals surface area contributed by atoms with Crippen LogP contribution in [0, 0.1) is 20.8 Å². The summed E-state index contributed by atoms with van der Waals surface area (Å²) in [7, 11) is 0. The molecule has 0 atom stereocenters. The van der Waals surface area contributed by atoms with Gasteiger partial charge < -0.3 is 20.8 Å². The first kappa shape index (κ1) is 24.4. The first-order chi connectivity index (χ1) is 6.74. The molecule has 0 saturated heterocycles. The van der Waals surface area contributed by atoms with Crippen molar-refractivity contribution in [2.24, 2.45) is 0 Å². The van der Waals surface area contributed by atoms with E-state index in [-0.39, 0.29) is 25.8 Å². The van der Waals surface area contributed by atoms with Gasteiger partial charge in [-0.25, -0.2) is 12.1 Å². The van der Waals surface area contributed by atoms with E-state index in [0.29, 0.717) is 0 Å². The van der Waals surface area contributed by atoms with Gasteiger partial charge in [0.25, 0.3) is 0 Å². The summed E-state index contributed by atoms with van der Waals surface area (Å²) >= 11 is 0. The summed E-state index contributed by atoms with van der Waals surface area (Å²) in [5, 5.41) is 0. The fraction of sp³-hybridized carbons (Fsp3) is 0.429. The smallest absolute Gasteiger partial charge is 0.344 e. The molecule has 0 spiro atoms. The summed E-state index contributed by atoms with van der Waals surface area (Å²) in [6.07, 6.45) is 3.00. The van der Waals surface area contributed by atoms with Crippen LogP contribution in [-0.2, 0) is 25.8 Å². The van der Waals surface area contributed by atoms with Crippen molar-refractivity contribution in [3.8, 4) is 0 Å². The SMILES string of the molecule is [CH2-]CC.[CH2-]CC.[CH2-]CC.[Hf+4].c1cc[cH-]c1. The fourth-order valence-electron chi connectivity index (χ4n) is 0.321. The molecule has 1 rings (SSSR count). The topological polar surface area (TPSA) is 0 Å². The molecule has 0 saturated carbocycles. The number of hydrogen-bond donors (Lipinski definition) is 0. The van der Waals surface area contributed by atoms with Crippen LogP contribution in [0.2, 0.25) is 0 Å². The molecule has 0 radical (unpaired) electrons. The molecule has 1 aromatic carbocycles. The van der Waals surface area contributed by atoms with Gasteiger partial charge >= 0.3 is 25.8 Å². The molecule has 0 nitrogen and oxygen atoms in total. The van der Waals surface area contributed by atoms with E-state index in [1.165, 1.54) is 0 Å². The minimum absolute atomic E-state index is 0. The summed E-state index contributed by atoms with van der Waals surface area (Å²) in [6, 6.07) is 10.0. The molecule has 0 aliphatic rings. The Morgan fingerprint density at radius 2 is 1.00 bits per heavy atom. The predicted molar refractivity (Wildman–Crippen MR) is 69.0 cm³/mol. The summed E-state index contributed by atoms with van der Waals surface area (Å²) in [6.45, 7) is 16.5. The normalized spacial score (nSPS) is 6.27. The molecule has 0 N–H and O–H groups in total. The minimum Gasteiger partial charge on any atom is -0.344 e. The maximum absolute atomic E-state index is 3.49. The fourth-order valence-corrected chi connectivity index (χ4v) is 0.321. The Kier molecular flexibility index (Phi) is 59.9. The minimum atomic E-state index is 0. The van der Waals surface area contributed by atoms with Gasteiger partial charge in [0.05, 0.1) is 0 Å². The van der Waals surface area contributed by atoms with Crippen LogP contribution in [0.1, 0.15) is 40.0 Å². The van der Waals surface area contributed by atoms with Gasteiger partial charge in [-0.15, -0.1) is 0 Å². The quantitative estimate of drug-likeness (QED) is 0.439. The van der Waals surface area contributed by atoms with E-state index in [2.05, 4.69) is 20.8 Å². The molecular formula is C14H26Hf. The monoisotopic (exact) mass is 374 g/mol. The summed E-state index contributed by atoms with van der Waals surface area (Å²) in [4.78, 5) is 0. The Morgan fingerprint density at radius 1 is 0.800 bits per heavy atom. The Balaban J connectivity index is -0.0000000550. The molecule has 0 heterocycles. The van der Waals surface area contributed by atoms with Gasteiger partial charge in [0.1, 0.15) is 0 Å². The first-order valence-corrected chi connectivity index (χ1v) is 5.29. The van der Waals surface area contributed by atoms with E-state index in [4.69, 9.17) is 0 Å². The zero-order chi connectivity index (χ0) is 11.7. The number of hydrogen-bond acceptors (Lipinski definition) is 0.